The van der Waals surface area contributed by atoms with Crippen molar-refractivity contribution < 1.29 is 25.8 Å². The monoisotopic (exact) mass is 476 g/mol. The van der Waals surface area contributed by atoms with Gasteiger partial charge in [0, 0.05) is 14.1 Å². The van der Waals surface area contributed by atoms with E-state index in [4.69, 9.17) is 14.7 Å². The number of hydrogen-bond acceptors (Lipinski definition) is 6. The summed E-state index contributed by atoms with van der Waals surface area (Å²) < 4.78 is 62.0. The third kappa shape index (κ3) is 5.81. The molecule has 10 nitrogen and oxygen atoms in total. The van der Waals surface area contributed by atoms with Gasteiger partial charge in [0.15, 0.2) is 0 Å². The summed E-state index contributed by atoms with van der Waals surface area (Å²) in [6.45, 7) is 0. The van der Waals surface area contributed by atoms with Gasteiger partial charge in [0.05, 0.1) is 0 Å². The number of nitrogens with zero attached hydrogens (tertiary/aromatic N) is 3. The molecule has 32 heavy (non-hydrogen) atoms. The molecule has 0 aromatic heterocycles. The molecule has 0 radical (unpaired) electrons. The van der Waals surface area contributed by atoms with Crippen molar-refractivity contribution in [3.05, 3.63) is 66.7 Å². The number of aliphatic imine (C=N–C) groups is 1. The van der Waals surface area contributed by atoms with Crippen molar-refractivity contribution >= 4 is 42.6 Å². The predicted molar refractivity (Wildman–Crippen MR) is 123 cm³/mol. The zero-order valence-electron chi connectivity index (χ0n) is 17.1. The smallest absolute Gasteiger partial charge is 0.372 e. The molecule has 0 aliphatic rings. The van der Waals surface area contributed by atoms with E-state index in [-0.39, 0.29) is 5.75 Å². The molecule has 0 unspecified atom stereocenters. The van der Waals surface area contributed by atoms with Crippen LogP contribution in [-0.4, -0.2) is 46.7 Å². The molecular formula is C20H20N4O6S2. The molecule has 0 fully saturated rings. The highest BCUT2D eigenvalue weighted by atomic mass is 32.2. The van der Waals surface area contributed by atoms with Crippen molar-refractivity contribution in [1.82, 2.24) is 4.31 Å². The van der Waals surface area contributed by atoms with Crippen LogP contribution in [0.4, 0.5) is 0 Å². The second kappa shape index (κ2) is 9.34. The van der Waals surface area contributed by atoms with Crippen molar-refractivity contribution in [2.45, 2.75) is 0 Å². The normalized spacial score (nSPS) is 13.0. The Balaban J connectivity index is 1.68. The largest absolute Gasteiger partial charge is 0.457 e. The first-order valence-electron chi connectivity index (χ1n) is 9.07. The Hall–Kier alpha value is -3.48. The first kappa shape index (κ1) is 23.2. The van der Waals surface area contributed by atoms with Crippen LogP contribution < -0.4 is 14.7 Å². The lowest BCUT2D eigenvalue weighted by atomic mass is 10.1. The quantitative estimate of drug-likeness (QED) is 0.314. The fourth-order valence-corrected chi connectivity index (χ4v) is 3.38. The Morgan fingerprint density at radius 1 is 0.875 bits per heavy atom. The van der Waals surface area contributed by atoms with Crippen LogP contribution in [0.1, 0.15) is 0 Å². The first-order valence-corrected chi connectivity index (χ1v) is 11.9. The average molecular weight is 477 g/mol. The molecule has 2 N–H and O–H groups in total. The van der Waals surface area contributed by atoms with Crippen LogP contribution in [-0.2, 0) is 20.3 Å². The summed E-state index contributed by atoms with van der Waals surface area (Å²) in [6, 6.07) is 19.3. The van der Waals surface area contributed by atoms with E-state index >= 15 is 0 Å². The van der Waals surface area contributed by atoms with Crippen LogP contribution in [0.5, 0.6) is 17.2 Å². The minimum absolute atomic E-state index is 0.0353. The second-order valence-corrected chi connectivity index (χ2v) is 9.90. The van der Waals surface area contributed by atoms with Crippen LogP contribution in [0.15, 0.2) is 76.1 Å². The molecule has 3 aromatic rings. The number of benzene rings is 3. The van der Waals surface area contributed by atoms with E-state index in [0.717, 1.165) is 15.1 Å². The standard InChI is InChI=1S/C20H20N4O6S2/c1-24(2)32(27,28)23-14-22-20(21)31(25,26)30-18-11-9-17(10-12-18)29-19-8-7-15-5-3-4-6-16(15)13-19/h3-14H,1-2H3,(H2,21,22,23). The first-order chi connectivity index (χ1) is 15.1. The number of fused-ring (bicyclic) bond motifs is 1. The van der Waals surface area contributed by atoms with Gasteiger partial charge in [-0.05, 0) is 47.2 Å². The Labute approximate surface area is 185 Å². The highest BCUT2D eigenvalue weighted by Crippen LogP contribution is 2.27. The van der Waals surface area contributed by atoms with Crippen molar-refractivity contribution in [1.29, 1.82) is 0 Å². The summed E-state index contributed by atoms with van der Waals surface area (Å²) in [5.41, 5.74) is 5.39. The molecule has 0 bridgehead atoms. The minimum atomic E-state index is -4.46. The summed E-state index contributed by atoms with van der Waals surface area (Å²) in [5.74, 6) is 1.05. The van der Waals surface area contributed by atoms with E-state index in [9.17, 15) is 16.8 Å². The maximum absolute atomic E-state index is 12.2. The van der Waals surface area contributed by atoms with E-state index in [1.165, 1.54) is 38.4 Å². The lowest BCUT2D eigenvalue weighted by Gasteiger charge is -2.09. The molecule has 0 spiro atoms. The lowest BCUT2D eigenvalue weighted by molar-refractivity contribution is 0.478. The average Bonchev–Trinajstić information content (AvgIpc) is 2.74. The SMILES string of the molecule is CN(C)S(=O)(=O)/N=C/N=C(N)S(=O)(=O)Oc1ccc(Oc2ccc3ccccc3c2)cc1. The zero-order valence-corrected chi connectivity index (χ0v) is 18.7. The van der Waals surface area contributed by atoms with Crippen molar-refractivity contribution in [2.24, 2.45) is 15.1 Å². The molecule has 168 valence electrons. The van der Waals surface area contributed by atoms with Crippen LogP contribution in [0.2, 0.25) is 0 Å². The van der Waals surface area contributed by atoms with Gasteiger partial charge >= 0.3 is 20.3 Å². The summed E-state index contributed by atoms with van der Waals surface area (Å²) in [5, 5.41) is 1.15. The molecule has 0 aliphatic carbocycles. The fourth-order valence-electron chi connectivity index (χ4n) is 2.40. The minimum Gasteiger partial charge on any atom is -0.457 e. The highest BCUT2D eigenvalue weighted by Gasteiger charge is 2.19. The molecule has 0 saturated heterocycles. The van der Waals surface area contributed by atoms with Gasteiger partial charge in [0.25, 0.3) is 5.17 Å². The van der Waals surface area contributed by atoms with Gasteiger partial charge in [0.1, 0.15) is 23.6 Å². The Morgan fingerprint density at radius 2 is 1.47 bits per heavy atom. The van der Waals surface area contributed by atoms with Gasteiger partial charge in [-0.1, -0.05) is 30.3 Å². The van der Waals surface area contributed by atoms with Gasteiger partial charge in [-0.25, -0.2) is 4.99 Å². The number of rotatable bonds is 7. The van der Waals surface area contributed by atoms with Gasteiger partial charge in [-0.3, -0.25) is 0 Å². The molecule has 0 heterocycles. The van der Waals surface area contributed by atoms with Crippen molar-refractivity contribution in [3.8, 4) is 17.2 Å². The number of nitrogens with two attached hydrogens (primary N) is 1. The second-order valence-electron chi connectivity index (χ2n) is 6.57. The predicted octanol–water partition coefficient (Wildman–Crippen LogP) is 2.49. The molecule has 3 rings (SSSR count). The van der Waals surface area contributed by atoms with Crippen LogP contribution in [0.3, 0.4) is 0 Å². The topological polar surface area (TPSA) is 141 Å². The van der Waals surface area contributed by atoms with E-state index in [1.807, 2.05) is 42.5 Å². The Bertz CT molecular complexity index is 1380. The Kier molecular flexibility index (Phi) is 6.77. The van der Waals surface area contributed by atoms with Crippen LogP contribution in [0, 0.1) is 0 Å². The number of hydrogen-bond donors (Lipinski definition) is 1. The summed E-state index contributed by atoms with van der Waals surface area (Å²) >= 11 is 0. The summed E-state index contributed by atoms with van der Waals surface area (Å²) in [4.78, 5) is 3.32. The van der Waals surface area contributed by atoms with E-state index in [2.05, 4.69) is 9.39 Å². The van der Waals surface area contributed by atoms with Crippen LogP contribution >= 0.6 is 0 Å². The molecule has 0 amide bonds. The molecule has 0 saturated carbocycles. The molecule has 3 aromatic carbocycles. The molecule has 0 aliphatic heterocycles. The van der Waals surface area contributed by atoms with Gasteiger partial charge in [-0.2, -0.15) is 21.1 Å². The van der Waals surface area contributed by atoms with Crippen molar-refractivity contribution in [3.63, 3.8) is 0 Å². The van der Waals surface area contributed by atoms with Crippen molar-refractivity contribution in [2.75, 3.05) is 14.1 Å². The third-order valence-corrected chi connectivity index (χ3v) is 6.38. The summed E-state index contributed by atoms with van der Waals surface area (Å²) in [6.07, 6.45) is 0.520. The lowest BCUT2D eigenvalue weighted by Crippen LogP contribution is -2.28. The molecular weight excluding hydrogens is 456 g/mol. The zero-order chi connectivity index (χ0) is 23.4. The van der Waals surface area contributed by atoms with Crippen LogP contribution in [0.25, 0.3) is 10.8 Å². The highest BCUT2D eigenvalue weighted by molar-refractivity contribution is 8.02. The maximum atomic E-state index is 12.2. The van der Waals surface area contributed by atoms with E-state index in [0.29, 0.717) is 17.8 Å². The fraction of sp³-hybridized carbons (Fsp3) is 0.100. The number of ether oxygens (including phenoxy) is 1. The Morgan fingerprint density at radius 3 is 2.12 bits per heavy atom. The van der Waals surface area contributed by atoms with Gasteiger partial charge in [0.2, 0.25) is 0 Å². The third-order valence-electron chi connectivity index (χ3n) is 4.07. The maximum Gasteiger partial charge on any atom is 0.372 e. The summed E-state index contributed by atoms with van der Waals surface area (Å²) in [7, 11) is -5.90. The molecule has 12 heteroatoms. The van der Waals surface area contributed by atoms with E-state index in [1.54, 1.807) is 0 Å². The van der Waals surface area contributed by atoms with Gasteiger partial charge < -0.3 is 14.7 Å². The van der Waals surface area contributed by atoms with Gasteiger partial charge in [-0.15, -0.1) is 4.40 Å². The molecule has 0 atom stereocenters. The number of amidine groups is 1. The van der Waals surface area contributed by atoms with E-state index < -0.39 is 25.5 Å².